The molecule has 0 heterocycles. The number of aliphatic hydroxyl groups is 1. The van der Waals surface area contributed by atoms with Gasteiger partial charge in [0, 0.05) is 5.88 Å². The van der Waals surface area contributed by atoms with E-state index in [0.717, 1.165) is 30.6 Å². The van der Waals surface area contributed by atoms with Gasteiger partial charge in [0.05, 0.1) is 13.2 Å². The van der Waals surface area contributed by atoms with Crippen LogP contribution in [0.15, 0.2) is 35.9 Å². The van der Waals surface area contributed by atoms with E-state index in [9.17, 15) is 5.11 Å². The molecule has 1 aromatic rings. The Balaban J connectivity index is 2.62. The highest BCUT2D eigenvalue weighted by Gasteiger charge is 2.05. The lowest BCUT2D eigenvalue weighted by atomic mass is 10.0. The maximum absolute atomic E-state index is 10.1. The third-order valence-electron chi connectivity index (χ3n) is 2.83. The smallest absolute Gasteiger partial charge is 0.119 e. The van der Waals surface area contributed by atoms with E-state index in [1.54, 1.807) is 7.11 Å². The number of unbranched alkanes of at least 4 members (excludes halogenated alkanes) is 1. The molecule has 0 aliphatic heterocycles. The standard InChI is InChI=1S/C15H21ClO2/c1-12(6-3-4-9-16)10-15(17)13-7-5-8-14(11-13)18-2/h5,7-8,10-11,15,17H,3-4,6,9H2,1-2H3/b12-10+/t15-/m1/s1. The molecule has 1 N–H and O–H groups in total. The average Bonchev–Trinajstić information content (AvgIpc) is 2.39. The van der Waals surface area contributed by atoms with Crippen LogP contribution in [0.5, 0.6) is 5.75 Å². The summed E-state index contributed by atoms with van der Waals surface area (Å²) in [5.41, 5.74) is 2.04. The van der Waals surface area contributed by atoms with Crippen molar-refractivity contribution in [2.24, 2.45) is 0 Å². The third kappa shape index (κ3) is 5.11. The van der Waals surface area contributed by atoms with Crippen LogP contribution in [0.2, 0.25) is 0 Å². The third-order valence-corrected chi connectivity index (χ3v) is 3.10. The van der Waals surface area contributed by atoms with Crippen molar-refractivity contribution in [1.82, 2.24) is 0 Å². The second-order valence-corrected chi connectivity index (χ2v) is 4.76. The van der Waals surface area contributed by atoms with Crippen molar-refractivity contribution in [2.75, 3.05) is 13.0 Å². The quantitative estimate of drug-likeness (QED) is 0.459. The molecule has 0 saturated carbocycles. The van der Waals surface area contributed by atoms with Gasteiger partial charge in [-0.2, -0.15) is 0 Å². The first-order valence-electron chi connectivity index (χ1n) is 6.22. The molecule has 0 aliphatic rings. The first-order valence-corrected chi connectivity index (χ1v) is 6.76. The zero-order valence-corrected chi connectivity index (χ0v) is 11.8. The fourth-order valence-electron chi connectivity index (χ4n) is 1.77. The van der Waals surface area contributed by atoms with E-state index in [1.807, 2.05) is 37.3 Å². The molecule has 100 valence electrons. The Labute approximate surface area is 114 Å². The summed E-state index contributed by atoms with van der Waals surface area (Å²) < 4.78 is 5.14. The Morgan fingerprint density at radius 2 is 2.22 bits per heavy atom. The van der Waals surface area contributed by atoms with Gasteiger partial charge in [-0.3, -0.25) is 0 Å². The number of alkyl halides is 1. The monoisotopic (exact) mass is 268 g/mol. The van der Waals surface area contributed by atoms with Crippen LogP contribution in [0.25, 0.3) is 0 Å². The molecule has 18 heavy (non-hydrogen) atoms. The van der Waals surface area contributed by atoms with Crippen molar-refractivity contribution < 1.29 is 9.84 Å². The fraction of sp³-hybridized carbons (Fsp3) is 0.467. The maximum atomic E-state index is 10.1. The minimum Gasteiger partial charge on any atom is -0.497 e. The van der Waals surface area contributed by atoms with Crippen LogP contribution < -0.4 is 4.74 Å². The zero-order chi connectivity index (χ0) is 13.4. The van der Waals surface area contributed by atoms with E-state index >= 15 is 0 Å². The molecule has 0 aromatic heterocycles. The van der Waals surface area contributed by atoms with Gasteiger partial charge < -0.3 is 9.84 Å². The van der Waals surface area contributed by atoms with Crippen LogP contribution in [0.1, 0.15) is 37.9 Å². The van der Waals surface area contributed by atoms with Gasteiger partial charge in [0.2, 0.25) is 0 Å². The van der Waals surface area contributed by atoms with Gasteiger partial charge in [-0.05, 0) is 43.9 Å². The van der Waals surface area contributed by atoms with E-state index in [-0.39, 0.29) is 0 Å². The van der Waals surface area contributed by atoms with Crippen LogP contribution in [0.4, 0.5) is 0 Å². The highest BCUT2D eigenvalue weighted by atomic mass is 35.5. The molecule has 0 bridgehead atoms. The number of methoxy groups -OCH3 is 1. The van der Waals surface area contributed by atoms with E-state index in [0.29, 0.717) is 5.88 Å². The summed E-state index contributed by atoms with van der Waals surface area (Å²) in [6.07, 6.45) is 4.38. The highest BCUT2D eigenvalue weighted by Crippen LogP contribution is 2.22. The van der Waals surface area contributed by atoms with E-state index in [1.165, 1.54) is 5.57 Å². The molecule has 2 nitrogen and oxygen atoms in total. The molecule has 0 spiro atoms. The van der Waals surface area contributed by atoms with E-state index in [4.69, 9.17) is 16.3 Å². The molecule has 3 heteroatoms. The van der Waals surface area contributed by atoms with Crippen molar-refractivity contribution in [3.63, 3.8) is 0 Å². The second-order valence-electron chi connectivity index (χ2n) is 4.38. The predicted molar refractivity (Wildman–Crippen MR) is 76.3 cm³/mol. The summed E-state index contributed by atoms with van der Waals surface area (Å²) in [5.74, 6) is 1.46. The summed E-state index contributed by atoms with van der Waals surface area (Å²) in [7, 11) is 1.62. The number of benzene rings is 1. The first-order chi connectivity index (χ1) is 8.67. The minimum atomic E-state index is -0.573. The minimum absolute atomic E-state index is 0.573. The number of hydrogen-bond donors (Lipinski definition) is 1. The Hall–Kier alpha value is -0.990. The summed E-state index contributed by atoms with van der Waals surface area (Å²) in [5, 5.41) is 10.1. The average molecular weight is 269 g/mol. The molecule has 1 rings (SSSR count). The largest absolute Gasteiger partial charge is 0.497 e. The number of aliphatic hydroxyl groups excluding tert-OH is 1. The van der Waals surface area contributed by atoms with Crippen molar-refractivity contribution >= 4 is 11.6 Å². The second kappa shape index (κ2) is 8.17. The molecule has 0 aliphatic carbocycles. The Morgan fingerprint density at radius 3 is 2.89 bits per heavy atom. The Bertz CT molecular complexity index is 388. The summed E-state index contributed by atoms with van der Waals surface area (Å²) in [4.78, 5) is 0. The molecular weight excluding hydrogens is 248 g/mol. The number of allylic oxidation sites excluding steroid dienone is 1. The molecule has 0 amide bonds. The predicted octanol–water partition coefficient (Wildman–Crippen LogP) is 4.08. The Kier molecular flexibility index (Phi) is 6.84. The zero-order valence-electron chi connectivity index (χ0n) is 11.0. The SMILES string of the molecule is COc1cccc([C@H](O)/C=C(\C)CCCCCl)c1. The number of halogens is 1. The molecule has 1 atom stereocenters. The summed E-state index contributed by atoms with van der Waals surface area (Å²) >= 11 is 5.64. The molecule has 0 fully saturated rings. The molecule has 0 radical (unpaired) electrons. The van der Waals surface area contributed by atoms with E-state index < -0.39 is 6.10 Å². The van der Waals surface area contributed by atoms with Gasteiger partial charge in [-0.15, -0.1) is 11.6 Å². The molecule has 0 unspecified atom stereocenters. The summed E-state index contributed by atoms with van der Waals surface area (Å²) in [6, 6.07) is 7.50. The van der Waals surface area contributed by atoms with Crippen LogP contribution >= 0.6 is 11.6 Å². The van der Waals surface area contributed by atoms with Crippen molar-refractivity contribution in [1.29, 1.82) is 0 Å². The number of ether oxygens (including phenoxy) is 1. The van der Waals surface area contributed by atoms with E-state index in [2.05, 4.69) is 0 Å². The lowest BCUT2D eigenvalue weighted by molar-refractivity contribution is 0.227. The number of hydrogen-bond acceptors (Lipinski definition) is 2. The van der Waals surface area contributed by atoms with Crippen LogP contribution in [-0.2, 0) is 0 Å². The lowest BCUT2D eigenvalue weighted by Crippen LogP contribution is -1.95. The van der Waals surface area contributed by atoms with Gasteiger partial charge in [0.25, 0.3) is 0 Å². The van der Waals surface area contributed by atoms with Gasteiger partial charge in [-0.1, -0.05) is 23.8 Å². The van der Waals surface area contributed by atoms with Crippen molar-refractivity contribution in [3.05, 3.63) is 41.5 Å². The molecular formula is C15H21ClO2. The van der Waals surface area contributed by atoms with Crippen molar-refractivity contribution in [2.45, 2.75) is 32.3 Å². The number of rotatable bonds is 7. The van der Waals surface area contributed by atoms with Gasteiger partial charge in [0.1, 0.15) is 5.75 Å². The fourth-order valence-corrected chi connectivity index (χ4v) is 1.96. The van der Waals surface area contributed by atoms with Crippen LogP contribution in [0.3, 0.4) is 0 Å². The summed E-state index contributed by atoms with van der Waals surface area (Å²) in [6.45, 7) is 2.04. The van der Waals surface area contributed by atoms with Gasteiger partial charge >= 0.3 is 0 Å². The van der Waals surface area contributed by atoms with Gasteiger partial charge in [-0.25, -0.2) is 0 Å². The Morgan fingerprint density at radius 1 is 1.44 bits per heavy atom. The highest BCUT2D eigenvalue weighted by molar-refractivity contribution is 6.17. The van der Waals surface area contributed by atoms with Crippen molar-refractivity contribution in [3.8, 4) is 5.75 Å². The topological polar surface area (TPSA) is 29.5 Å². The maximum Gasteiger partial charge on any atom is 0.119 e. The lowest BCUT2D eigenvalue weighted by Gasteiger charge is -2.10. The normalized spacial score (nSPS) is 13.4. The van der Waals surface area contributed by atoms with Gasteiger partial charge in [0.15, 0.2) is 0 Å². The molecule has 1 aromatic carbocycles. The van der Waals surface area contributed by atoms with Crippen LogP contribution in [0, 0.1) is 0 Å². The van der Waals surface area contributed by atoms with Crippen LogP contribution in [-0.4, -0.2) is 18.1 Å². The molecule has 0 saturated heterocycles. The first kappa shape index (κ1) is 15.1.